The van der Waals surface area contributed by atoms with Crippen molar-refractivity contribution in [1.82, 2.24) is 9.78 Å². The average molecular weight is 323 g/mol. The average Bonchev–Trinajstić information content (AvgIpc) is 2.95. The fourth-order valence-electron chi connectivity index (χ4n) is 3.03. The maximum Gasteiger partial charge on any atom is 0.259 e. The summed E-state index contributed by atoms with van der Waals surface area (Å²) in [5, 5.41) is 16.4. The van der Waals surface area contributed by atoms with Crippen molar-refractivity contribution >= 4 is 17.3 Å². The van der Waals surface area contributed by atoms with E-state index < -0.39 is 0 Å². The van der Waals surface area contributed by atoms with Gasteiger partial charge in [-0.25, -0.2) is 0 Å². The van der Waals surface area contributed by atoms with Gasteiger partial charge in [0, 0.05) is 31.5 Å². The third-order valence-corrected chi connectivity index (χ3v) is 4.55. The van der Waals surface area contributed by atoms with Gasteiger partial charge in [0.1, 0.15) is 6.07 Å². The standard InChI is InChI=1S/C18H21N5O/c1-13-16(12-20-22(13)2)18(24)21-15-6-7-17(14(10-15)11-19)23-8-4-3-5-9-23/h6-7,10,12H,3-5,8-9H2,1-2H3,(H,21,24). The second-order valence-corrected chi connectivity index (χ2v) is 6.11. The summed E-state index contributed by atoms with van der Waals surface area (Å²) in [7, 11) is 1.80. The number of amides is 1. The third kappa shape index (κ3) is 3.11. The lowest BCUT2D eigenvalue weighted by atomic mass is 10.1. The van der Waals surface area contributed by atoms with Crippen LogP contribution < -0.4 is 10.2 Å². The van der Waals surface area contributed by atoms with Crippen LogP contribution in [0.2, 0.25) is 0 Å². The lowest BCUT2D eigenvalue weighted by molar-refractivity contribution is 0.102. The molecule has 1 aliphatic rings. The number of nitrogens with one attached hydrogen (secondary N) is 1. The summed E-state index contributed by atoms with van der Waals surface area (Å²) in [5.74, 6) is -0.213. The predicted molar refractivity (Wildman–Crippen MR) is 93.1 cm³/mol. The maximum atomic E-state index is 12.4. The van der Waals surface area contributed by atoms with Gasteiger partial charge in [0.05, 0.1) is 23.0 Å². The van der Waals surface area contributed by atoms with Crippen LogP contribution in [0.15, 0.2) is 24.4 Å². The SMILES string of the molecule is Cc1c(C(=O)Nc2ccc(N3CCCCC3)c(C#N)c2)cnn1C. The molecule has 0 aliphatic carbocycles. The Morgan fingerprint density at radius 1 is 1.29 bits per heavy atom. The van der Waals surface area contributed by atoms with Crippen LogP contribution in [0.25, 0.3) is 0 Å². The van der Waals surface area contributed by atoms with Crippen molar-refractivity contribution in [2.24, 2.45) is 7.05 Å². The molecule has 1 saturated heterocycles. The maximum absolute atomic E-state index is 12.4. The lowest BCUT2D eigenvalue weighted by Crippen LogP contribution is -2.30. The Morgan fingerprint density at radius 3 is 2.67 bits per heavy atom. The molecule has 1 aromatic carbocycles. The van der Waals surface area contributed by atoms with E-state index in [2.05, 4.69) is 21.4 Å². The van der Waals surface area contributed by atoms with Crippen LogP contribution >= 0.6 is 0 Å². The first-order chi connectivity index (χ1) is 11.6. The van der Waals surface area contributed by atoms with E-state index in [1.807, 2.05) is 19.1 Å². The summed E-state index contributed by atoms with van der Waals surface area (Å²) in [4.78, 5) is 14.6. The Labute approximate surface area is 141 Å². The number of anilines is 2. The molecule has 24 heavy (non-hydrogen) atoms. The third-order valence-electron chi connectivity index (χ3n) is 4.55. The van der Waals surface area contributed by atoms with Crippen LogP contribution in [0, 0.1) is 18.3 Å². The summed E-state index contributed by atoms with van der Waals surface area (Å²) in [6.07, 6.45) is 5.11. The largest absolute Gasteiger partial charge is 0.370 e. The highest BCUT2D eigenvalue weighted by molar-refractivity contribution is 6.05. The van der Waals surface area contributed by atoms with E-state index in [1.165, 1.54) is 6.42 Å². The first-order valence-electron chi connectivity index (χ1n) is 8.19. The molecule has 1 fully saturated rings. The van der Waals surface area contributed by atoms with Crippen molar-refractivity contribution in [2.45, 2.75) is 26.2 Å². The number of rotatable bonds is 3. The fourth-order valence-corrected chi connectivity index (χ4v) is 3.03. The number of nitriles is 1. The Hall–Kier alpha value is -2.81. The number of aromatic nitrogens is 2. The zero-order chi connectivity index (χ0) is 17.1. The molecular weight excluding hydrogens is 302 g/mol. The zero-order valence-corrected chi connectivity index (χ0v) is 14.0. The van der Waals surface area contributed by atoms with Gasteiger partial charge in [-0.15, -0.1) is 0 Å². The topological polar surface area (TPSA) is 74.0 Å². The molecule has 6 nitrogen and oxygen atoms in total. The minimum atomic E-state index is -0.213. The van der Waals surface area contributed by atoms with Crippen LogP contribution in [0.5, 0.6) is 0 Å². The van der Waals surface area contributed by atoms with E-state index >= 15 is 0 Å². The summed E-state index contributed by atoms with van der Waals surface area (Å²) in [6.45, 7) is 3.81. The molecule has 124 valence electrons. The Morgan fingerprint density at radius 2 is 2.04 bits per heavy atom. The van der Waals surface area contributed by atoms with Gasteiger partial charge in [0.2, 0.25) is 0 Å². The van der Waals surface area contributed by atoms with Gasteiger partial charge in [0.15, 0.2) is 0 Å². The molecule has 2 heterocycles. The van der Waals surface area contributed by atoms with Gasteiger partial charge >= 0.3 is 0 Å². The van der Waals surface area contributed by atoms with E-state index in [0.717, 1.165) is 37.3 Å². The molecule has 0 saturated carbocycles. The molecule has 1 aromatic heterocycles. The number of hydrogen-bond donors (Lipinski definition) is 1. The Balaban J connectivity index is 1.81. The van der Waals surface area contributed by atoms with Crippen molar-refractivity contribution in [3.8, 4) is 6.07 Å². The van der Waals surface area contributed by atoms with Crippen LogP contribution in [0.4, 0.5) is 11.4 Å². The highest BCUT2D eigenvalue weighted by Gasteiger charge is 2.17. The molecule has 0 spiro atoms. The molecule has 1 aliphatic heterocycles. The number of hydrogen-bond acceptors (Lipinski definition) is 4. The van der Waals surface area contributed by atoms with E-state index in [9.17, 15) is 10.1 Å². The van der Waals surface area contributed by atoms with E-state index in [1.54, 1.807) is 24.0 Å². The molecule has 2 aromatic rings. The number of nitrogens with zero attached hydrogens (tertiary/aromatic N) is 4. The van der Waals surface area contributed by atoms with E-state index in [-0.39, 0.29) is 5.91 Å². The van der Waals surface area contributed by atoms with Crippen molar-refractivity contribution in [2.75, 3.05) is 23.3 Å². The number of piperidine rings is 1. The molecule has 3 rings (SSSR count). The number of benzene rings is 1. The summed E-state index contributed by atoms with van der Waals surface area (Å²) in [6, 6.07) is 7.78. The molecule has 0 atom stereocenters. The molecule has 1 amide bonds. The van der Waals surface area contributed by atoms with Crippen LogP contribution in [-0.2, 0) is 7.05 Å². The predicted octanol–water partition coefficient (Wildman–Crippen LogP) is 2.84. The number of carbonyl (C=O) groups excluding carboxylic acids is 1. The first-order valence-corrected chi connectivity index (χ1v) is 8.19. The number of carbonyl (C=O) groups is 1. The normalized spacial score (nSPS) is 14.3. The van der Waals surface area contributed by atoms with E-state index in [0.29, 0.717) is 16.8 Å². The van der Waals surface area contributed by atoms with Gasteiger partial charge in [-0.05, 0) is 44.4 Å². The molecule has 0 bridgehead atoms. The van der Waals surface area contributed by atoms with Gasteiger partial charge in [0.25, 0.3) is 5.91 Å². The molecule has 1 N–H and O–H groups in total. The second kappa shape index (κ2) is 6.75. The van der Waals surface area contributed by atoms with Crippen LogP contribution in [-0.4, -0.2) is 28.8 Å². The zero-order valence-electron chi connectivity index (χ0n) is 14.0. The summed E-state index contributed by atoms with van der Waals surface area (Å²) < 4.78 is 1.66. The molecule has 0 unspecified atom stereocenters. The fraction of sp³-hybridized carbons (Fsp3) is 0.389. The van der Waals surface area contributed by atoms with Gasteiger partial charge in [-0.2, -0.15) is 10.4 Å². The quantitative estimate of drug-likeness (QED) is 0.942. The molecule has 6 heteroatoms. The van der Waals surface area contributed by atoms with Gasteiger partial charge in [-0.3, -0.25) is 9.48 Å². The Kier molecular flexibility index (Phi) is 4.52. The second-order valence-electron chi connectivity index (χ2n) is 6.11. The number of aryl methyl sites for hydroxylation is 1. The molecule has 0 radical (unpaired) electrons. The monoisotopic (exact) mass is 323 g/mol. The lowest BCUT2D eigenvalue weighted by Gasteiger charge is -2.29. The molecular formula is C18H21N5O. The minimum absolute atomic E-state index is 0.213. The van der Waals surface area contributed by atoms with Crippen molar-refractivity contribution < 1.29 is 4.79 Å². The summed E-state index contributed by atoms with van der Waals surface area (Å²) in [5.41, 5.74) is 3.51. The summed E-state index contributed by atoms with van der Waals surface area (Å²) >= 11 is 0. The Bertz CT molecular complexity index is 796. The smallest absolute Gasteiger partial charge is 0.259 e. The van der Waals surface area contributed by atoms with Gasteiger partial charge in [-0.1, -0.05) is 0 Å². The van der Waals surface area contributed by atoms with Crippen LogP contribution in [0.3, 0.4) is 0 Å². The van der Waals surface area contributed by atoms with E-state index in [4.69, 9.17) is 0 Å². The van der Waals surface area contributed by atoms with Gasteiger partial charge < -0.3 is 10.2 Å². The van der Waals surface area contributed by atoms with Crippen molar-refractivity contribution in [3.63, 3.8) is 0 Å². The highest BCUT2D eigenvalue weighted by Crippen LogP contribution is 2.26. The van der Waals surface area contributed by atoms with Crippen molar-refractivity contribution in [1.29, 1.82) is 5.26 Å². The minimum Gasteiger partial charge on any atom is -0.370 e. The highest BCUT2D eigenvalue weighted by atomic mass is 16.1. The van der Waals surface area contributed by atoms with Crippen molar-refractivity contribution in [3.05, 3.63) is 41.2 Å². The first kappa shape index (κ1) is 16.1. The van der Waals surface area contributed by atoms with Crippen LogP contribution in [0.1, 0.15) is 40.9 Å².